The molecule has 0 aromatic rings. The number of hydrogen-bond donors (Lipinski definition) is 0. The molecule has 20 heavy (non-hydrogen) atoms. The molecule has 0 amide bonds. The van der Waals surface area contributed by atoms with Gasteiger partial charge in [0.05, 0.1) is 0 Å². The fraction of sp³-hybridized carbons (Fsp3) is 1.00. The van der Waals surface area contributed by atoms with Crippen LogP contribution in [-0.2, 0) is 0 Å². The second-order valence-corrected chi connectivity index (χ2v) is 7.05. The molecule has 0 fully saturated rings. The highest BCUT2D eigenvalue weighted by molar-refractivity contribution is 7.99. The molecule has 0 N–H and O–H groups in total. The highest BCUT2D eigenvalue weighted by atomic mass is 32.2. The largest absolute Gasteiger partial charge is 0.303 e. The van der Waals surface area contributed by atoms with E-state index in [0.29, 0.717) is 0 Å². The Balaban J connectivity index is 3.02. The van der Waals surface area contributed by atoms with Crippen LogP contribution in [0.1, 0.15) is 85.0 Å². The Labute approximate surface area is 133 Å². The summed E-state index contributed by atoms with van der Waals surface area (Å²) in [5.41, 5.74) is 0. The molecule has 0 rings (SSSR count). The average Bonchev–Trinajstić information content (AvgIpc) is 2.48. The summed E-state index contributed by atoms with van der Waals surface area (Å²) in [4.78, 5) is 2.52. The first-order valence-corrected chi connectivity index (χ1v) is 10.3. The van der Waals surface area contributed by atoms with Crippen LogP contribution in [0.25, 0.3) is 0 Å². The molecule has 0 saturated heterocycles. The maximum atomic E-state index is 2.52. The molecule has 0 bridgehead atoms. The smallest absolute Gasteiger partial charge is 0.00721 e. The van der Waals surface area contributed by atoms with Crippen molar-refractivity contribution in [2.75, 3.05) is 31.1 Å². The lowest BCUT2D eigenvalue weighted by Crippen LogP contribution is -2.25. The number of nitrogens with zero attached hydrogens (tertiary/aromatic N) is 1. The molecule has 0 aromatic heterocycles. The van der Waals surface area contributed by atoms with Crippen LogP contribution < -0.4 is 0 Å². The molecule has 0 radical (unpaired) electrons. The summed E-state index contributed by atoms with van der Waals surface area (Å²) >= 11 is 2.15. The second kappa shape index (κ2) is 17.4. The summed E-state index contributed by atoms with van der Waals surface area (Å²) in [7, 11) is 0. The first-order valence-electron chi connectivity index (χ1n) is 9.15. The third kappa shape index (κ3) is 14.7. The van der Waals surface area contributed by atoms with Crippen LogP contribution in [0.4, 0.5) is 0 Å². The van der Waals surface area contributed by atoms with Crippen LogP contribution in [0, 0.1) is 0 Å². The Bertz CT molecular complexity index is 169. The van der Waals surface area contributed by atoms with Crippen molar-refractivity contribution in [1.29, 1.82) is 0 Å². The maximum Gasteiger partial charge on any atom is 0.00721 e. The molecule has 122 valence electrons. The van der Waals surface area contributed by atoms with Gasteiger partial charge >= 0.3 is 0 Å². The Hall–Kier alpha value is 0.310. The molecule has 0 aromatic carbocycles. The van der Waals surface area contributed by atoms with E-state index in [4.69, 9.17) is 0 Å². The van der Waals surface area contributed by atoms with Gasteiger partial charge in [-0.2, -0.15) is 11.8 Å². The topological polar surface area (TPSA) is 3.24 Å². The van der Waals surface area contributed by atoms with Crippen molar-refractivity contribution in [3.63, 3.8) is 0 Å². The minimum atomic E-state index is 1.20. The number of hydrogen-bond acceptors (Lipinski definition) is 2. The molecule has 0 aliphatic heterocycles. The van der Waals surface area contributed by atoms with Crippen molar-refractivity contribution in [2.24, 2.45) is 0 Å². The molecule has 0 aliphatic carbocycles. The molecule has 0 unspecified atom stereocenters. The van der Waals surface area contributed by atoms with Crippen molar-refractivity contribution in [1.82, 2.24) is 4.90 Å². The molecular weight excluding hydrogens is 262 g/mol. The van der Waals surface area contributed by atoms with Gasteiger partial charge in [-0.05, 0) is 25.3 Å². The van der Waals surface area contributed by atoms with Gasteiger partial charge in [-0.3, -0.25) is 0 Å². The summed E-state index contributed by atoms with van der Waals surface area (Å²) in [6.07, 6.45) is 14.5. The highest BCUT2D eigenvalue weighted by Gasteiger charge is 1.98. The number of rotatable bonds is 16. The minimum absolute atomic E-state index is 1.20. The van der Waals surface area contributed by atoms with Gasteiger partial charge in [0.1, 0.15) is 0 Å². The first kappa shape index (κ1) is 20.3. The van der Waals surface area contributed by atoms with E-state index >= 15 is 0 Å². The summed E-state index contributed by atoms with van der Waals surface area (Å²) in [5.74, 6) is 2.69. The molecule has 2 heteroatoms. The minimum Gasteiger partial charge on any atom is -0.303 e. The molecular formula is C18H39NS. The van der Waals surface area contributed by atoms with Gasteiger partial charge in [0.2, 0.25) is 0 Å². The van der Waals surface area contributed by atoms with Gasteiger partial charge in [-0.25, -0.2) is 0 Å². The lowest BCUT2D eigenvalue weighted by Gasteiger charge is -2.17. The summed E-state index contributed by atoms with van der Waals surface area (Å²) in [6, 6.07) is 0. The van der Waals surface area contributed by atoms with Crippen molar-refractivity contribution in [2.45, 2.75) is 85.0 Å². The van der Waals surface area contributed by atoms with E-state index in [1.165, 1.54) is 95.3 Å². The van der Waals surface area contributed by atoms with Crippen molar-refractivity contribution in [3.05, 3.63) is 0 Å². The Morgan fingerprint density at radius 1 is 0.600 bits per heavy atom. The summed E-state index contributed by atoms with van der Waals surface area (Å²) in [5, 5.41) is 0. The van der Waals surface area contributed by atoms with Crippen LogP contribution in [0.15, 0.2) is 0 Å². The monoisotopic (exact) mass is 301 g/mol. The van der Waals surface area contributed by atoms with E-state index in [0.717, 1.165) is 0 Å². The predicted octanol–water partition coefficient (Wildman–Crippen LogP) is 5.98. The third-order valence-corrected chi connectivity index (χ3v) is 5.14. The van der Waals surface area contributed by atoms with E-state index in [1.54, 1.807) is 0 Å². The second-order valence-electron chi connectivity index (χ2n) is 5.82. The van der Waals surface area contributed by atoms with E-state index in [-0.39, 0.29) is 0 Å². The van der Waals surface area contributed by atoms with Gasteiger partial charge < -0.3 is 4.90 Å². The van der Waals surface area contributed by atoms with E-state index in [2.05, 4.69) is 37.4 Å². The molecule has 1 nitrogen and oxygen atoms in total. The normalized spacial score (nSPS) is 11.4. The SMILES string of the molecule is CCCCCCCCCCCCSCCN(CC)CC. The van der Waals surface area contributed by atoms with Gasteiger partial charge in [-0.15, -0.1) is 0 Å². The van der Waals surface area contributed by atoms with Crippen molar-refractivity contribution in [3.8, 4) is 0 Å². The quantitative estimate of drug-likeness (QED) is 0.322. The maximum absolute atomic E-state index is 2.52. The number of unbranched alkanes of at least 4 members (excludes halogenated alkanes) is 9. The van der Waals surface area contributed by atoms with Gasteiger partial charge in [0.25, 0.3) is 0 Å². The van der Waals surface area contributed by atoms with Gasteiger partial charge in [0, 0.05) is 12.3 Å². The van der Waals surface area contributed by atoms with Crippen LogP contribution in [0.3, 0.4) is 0 Å². The Kier molecular flexibility index (Phi) is 17.6. The predicted molar refractivity (Wildman–Crippen MR) is 97.0 cm³/mol. The molecule has 0 aliphatic rings. The Morgan fingerprint density at radius 3 is 1.60 bits per heavy atom. The fourth-order valence-electron chi connectivity index (χ4n) is 2.53. The zero-order valence-electron chi connectivity index (χ0n) is 14.5. The summed E-state index contributed by atoms with van der Waals surface area (Å²) in [6.45, 7) is 10.5. The highest BCUT2D eigenvalue weighted by Crippen LogP contribution is 2.12. The lowest BCUT2D eigenvalue weighted by atomic mass is 10.1. The van der Waals surface area contributed by atoms with E-state index < -0.39 is 0 Å². The van der Waals surface area contributed by atoms with Crippen LogP contribution >= 0.6 is 11.8 Å². The van der Waals surface area contributed by atoms with Crippen LogP contribution in [0.2, 0.25) is 0 Å². The zero-order valence-corrected chi connectivity index (χ0v) is 15.3. The number of thioether (sulfide) groups is 1. The molecule has 0 spiro atoms. The first-order chi connectivity index (χ1) is 9.85. The standard InChI is InChI=1S/C18H39NS/c1-4-7-8-9-10-11-12-13-14-15-17-20-18-16-19(5-2)6-3/h4-18H2,1-3H3. The molecule has 0 saturated carbocycles. The van der Waals surface area contributed by atoms with E-state index in [9.17, 15) is 0 Å². The van der Waals surface area contributed by atoms with Crippen LogP contribution in [-0.4, -0.2) is 36.0 Å². The fourth-order valence-corrected chi connectivity index (χ4v) is 3.53. The third-order valence-electron chi connectivity index (χ3n) is 4.09. The lowest BCUT2D eigenvalue weighted by molar-refractivity contribution is 0.324. The van der Waals surface area contributed by atoms with Gasteiger partial charge in [-0.1, -0.05) is 78.6 Å². The van der Waals surface area contributed by atoms with Crippen molar-refractivity contribution < 1.29 is 0 Å². The molecule has 0 heterocycles. The van der Waals surface area contributed by atoms with Crippen LogP contribution in [0.5, 0.6) is 0 Å². The zero-order chi connectivity index (χ0) is 14.9. The summed E-state index contributed by atoms with van der Waals surface area (Å²) < 4.78 is 0. The Morgan fingerprint density at radius 2 is 1.10 bits per heavy atom. The average molecular weight is 302 g/mol. The van der Waals surface area contributed by atoms with Gasteiger partial charge in [0.15, 0.2) is 0 Å². The molecule has 0 atom stereocenters. The van der Waals surface area contributed by atoms with E-state index in [1.807, 2.05) is 0 Å². The van der Waals surface area contributed by atoms with Crippen molar-refractivity contribution >= 4 is 11.8 Å².